The van der Waals surface area contributed by atoms with Crippen molar-refractivity contribution in [2.45, 2.75) is 25.0 Å². The molecule has 1 aliphatic carbocycles. The number of nitrogens with zero attached hydrogens (tertiary/aromatic N) is 2. The average molecular weight is 341 g/mol. The lowest BCUT2D eigenvalue weighted by Crippen LogP contribution is -2.37. The van der Waals surface area contributed by atoms with E-state index in [0.717, 1.165) is 0 Å². The van der Waals surface area contributed by atoms with E-state index in [0.29, 0.717) is 38.4 Å². The molecule has 1 saturated heterocycles. The summed E-state index contributed by atoms with van der Waals surface area (Å²) in [5.74, 6) is 0.617. The van der Waals surface area contributed by atoms with Crippen molar-refractivity contribution in [2.24, 2.45) is 10.7 Å². The number of hydrogen-bond acceptors (Lipinski definition) is 3. The molecule has 2 aliphatic rings. The highest BCUT2D eigenvalue weighted by molar-refractivity contribution is 14.0. The zero-order valence-corrected chi connectivity index (χ0v) is 11.9. The molecule has 2 fully saturated rings. The van der Waals surface area contributed by atoms with E-state index < -0.39 is 0 Å². The molecule has 0 radical (unpaired) electrons. The van der Waals surface area contributed by atoms with Gasteiger partial charge >= 0.3 is 0 Å². The molecule has 0 amide bonds. The van der Waals surface area contributed by atoms with Gasteiger partial charge in [0.2, 0.25) is 0 Å². The normalized spacial score (nSPS) is 26.1. The van der Waals surface area contributed by atoms with E-state index in [4.69, 9.17) is 15.2 Å². The monoisotopic (exact) mass is 341 g/mol. The van der Waals surface area contributed by atoms with Crippen LogP contribution in [0.4, 0.5) is 0 Å². The van der Waals surface area contributed by atoms with Crippen LogP contribution in [-0.4, -0.2) is 56.4 Å². The molecule has 1 aliphatic heterocycles. The summed E-state index contributed by atoms with van der Waals surface area (Å²) in [6.45, 7) is 2.59. The van der Waals surface area contributed by atoms with E-state index in [-0.39, 0.29) is 30.1 Å². The van der Waals surface area contributed by atoms with Gasteiger partial charge in [-0.05, 0) is 12.8 Å². The number of guanidine groups is 1. The van der Waals surface area contributed by atoms with E-state index in [1.807, 2.05) is 11.9 Å². The maximum atomic E-state index is 5.85. The highest BCUT2D eigenvalue weighted by Crippen LogP contribution is 2.24. The Morgan fingerprint density at radius 1 is 1.44 bits per heavy atom. The van der Waals surface area contributed by atoms with Gasteiger partial charge in [0.15, 0.2) is 5.96 Å². The highest BCUT2D eigenvalue weighted by atomic mass is 127. The molecule has 1 saturated carbocycles. The third-order valence-corrected chi connectivity index (χ3v) is 2.80. The summed E-state index contributed by atoms with van der Waals surface area (Å²) in [6.07, 6.45) is 2.54. The van der Waals surface area contributed by atoms with E-state index in [1.54, 1.807) is 0 Å². The molecule has 0 bridgehead atoms. The third-order valence-electron chi connectivity index (χ3n) is 2.80. The second kappa shape index (κ2) is 6.61. The van der Waals surface area contributed by atoms with Crippen LogP contribution in [0.25, 0.3) is 0 Å². The molecule has 16 heavy (non-hydrogen) atoms. The standard InChI is InChI=1S/C10H19N3O2.HI/c1-13(8-2-3-8)10(11)12-6-9-7-14-4-5-15-9;/h8-9H,2-7H2,1H3,(H2,11,12);1H. The number of nitrogens with two attached hydrogens (primary N) is 1. The maximum Gasteiger partial charge on any atom is 0.191 e. The fraction of sp³-hybridized carbons (Fsp3) is 0.900. The van der Waals surface area contributed by atoms with Gasteiger partial charge in [0.1, 0.15) is 6.10 Å². The fourth-order valence-corrected chi connectivity index (χ4v) is 1.60. The van der Waals surface area contributed by atoms with Crippen LogP contribution in [0.2, 0.25) is 0 Å². The molecular weight excluding hydrogens is 321 g/mol. The molecule has 6 heteroatoms. The minimum absolute atomic E-state index is 0. The van der Waals surface area contributed by atoms with Gasteiger partial charge in [-0.3, -0.25) is 4.99 Å². The quantitative estimate of drug-likeness (QED) is 0.460. The summed E-state index contributed by atoms with van der Waals surface area (Å²) in [6, 6.07) is 0.609. The van der Waals surface area contributed by atoms with E-state index in [9.17, 15) is 0 Å². The average Bonchev–Trinajstić information content (AvgIpc) is 3.10. The predicted molar refractivity (Wildman–Crippen MR) is 73.2 cm³/mol. The van der Waals surface area contributed by atoms with Crippen LogP contribution in [0.1, 0.15) is 12.8 Å². The van der Waals surface area contributed by atoms with Crippen molar-refractivity contribution in [1.29, 1.82) is 0 Å². The van der Waals surface area contributed by atoms with Gasteiger partial charge in [-0.25, -0.2) is 0 Å². The minimum atomic E-state index is 0. The Balaban J connectivity index is 0.00000128. The lowest BCUT2D eigenvalue weighted by Gasteiger charge is -2.22. The minimum Gasteiger partial charge on any atom is -0.376 e. The topological polar surface area (TPSA) is 60.1 Å². The number of hydrogen-bond donors (Lipinski definition) is 1. The molecule has 0 aromatic heterocycles. The van der Waals surface area contributed by atoms with Crippen molar-refractivity contribution in [1.82, 2.24) is 4.90 Å². The van der Waals surface area contributed by atoms with Crippen LogP contribution >= 0.6 is 24.0 Å². The van der Waals surface area contributed by atoms with Crippen molar-refractivity contribution in [3.8, 4) is 0 Å². The number of aliphatic imine (C=N–C) groups is 1. The van der Waals surface area contributed by atoms with Crippen LogP contribution in [0.5, 0.6) is 0 Å². The van der Waals surface area contributed by atoms with Gasteiger partial charge in [-0.1, -0.05) is 0 Å². The van der Waals surface area contributed by atoms with Crippen LogP contribution in [-0.2, 0) is 9.47 Å². The first kappa shape index (κ1) is 14.0. The van der Waals surface area contributed by atoms with Gasteiger partial charge < -0.3 is 20.1 Å². The van der Waals surface area contributed by atoms with Gasteiger partial charge in [0, 0.05) is 13.1 Å². The summed E-state index contributed by atoms with van der Waals surface area (Å²) in [4.78, 5) is 6.37. The van der Waals surface area contributed by atoms with Crippen LogP contribution in [0.3, 0.4) is 0 Å². The summed E-state index contributed by atoms with van der Waals surface area (Å²) in [5, 5.41) is 0. The maximum absolute atomic E-state index is 5.85. The summed E-state index contributed by atoms with van der Waals surface area (Å²) in [7, 11) is 1.99. The van der Waals surface area contributed by atoms with Crippen LogP contribution in [0.15, 0.2) is 4.99 Å². The molecule has 2 N–H and O–H groups in total. The van der Waals surface area contributed by atoms with Crippen molar-refractivity contribution in [2.75, 3.05) is 33.4 Å². The largest absolute Gasteiger partial charge is 0.376 e. The van der Waals surface area contributed by atoms with Gasteiger partial charge in [0.05, 0.1) is 26.4 Å². The van der Waals surface area contributed by atoms with Crippen LogP contribution < -0.4 is 5.73 Å². The Morgan fingerprint density at radius 3 is 2.75 bits per heavy atom. The summed E-state index contributed by atoms with van der Waals surface area (Å²) < 4.78 is 10.8. The molecule has 2 rings (SSSR count). The highest BCUT2D eigenvalue weighted by Gasteiger charge is 2.27. The van der Waals surface area contributed by atoms with Crippen LogP contribution in [0, 0.1) is 0 Å². The molecule has 1 unspecified atom stereocenters. The molecule has 1 atom stereocenters. The lowest BCUT2D eigenvalue weighted by molar-refractivity contribution is -0.0833. The van der Waals surface area contributed by atoms with Crippen molar-refractivity contribution in [3.05, 3.63) is 0 Å². The lowest BCUT2D eigenvalue weighted by atomic mass is 10.3. The summed E-state index contributed by atoms with van der Waals surface area (Å²) in [5.41, 5.74) is 5.85. The molecule has 5 nitrogen and oxygen atoms in total. The zero-order valence-electron chi connectivity index (χ0n) is 9.59. The molecule has 0 spiro atoms. The molecule has 1 heterocycles. The first-order valence-electron chi connectivity index (χ1n) is 5.49. The SMILES string of the molecule is CN(C(N)=NCC1COCCO1)C1CC1.I. The Labute approximate surface area is 113 Å². The number of rotatable bonds is 3. The predicted octanol–water partition coefficient (Wildman–Crippen LogP) is 0.429. The van der Waals surface area contributed by atoms with Gasteiger partial charge in [-0.2, -0.15) is 0 Å². The zero-order chi connectivity index (χ0) is 10.7. The molecule has 94 valence electrons. The van der Waals surface area contributed by atoms with E-state index in [2.05, 4.69) is 4.99 Å². The van der Waals surface area contributed by atoms with E-state index in [1.165, 1.54) is 12.8 Å². The number of halogens is 1. The van der Waals surface area contributed by atoms with Gasteiger partial charge in [-0.15, -0.1) is 24.0 Å². The van der Waals surface area contributed by atoms with Crippen molar-refractivity contribution < 1.29 is 9.47 Å². The smallest absolute Gasteiger partial charge is 0.191 e. The van der Waals surface area contributed by atoms with E-state index >= 15 is 0 Å². The Kier molecular flexibility index (Phi) is 5.77. The first-order chi connectivity index (χ1) is 7.27. The summed E-state index contributed by atoms with van der Waals surface area (Å²) >= 11 is 0. The van der Waals surface area contributed by atoms with Gasteiger partial charge in [0.25, 0.3) is 0 Å². The number of ether oxygens (including phenoxy) is 2. The first-order valence-corrected chi connectivity index (χ1v) is 5.49. The molecule has 0 aromatic carbocycles. The second-order valence-electron chi connectivity index (χ2n) is 4.11. The Hall–Kier alpha value is -0.0800. The third kappa shape index (κ3) is 4.06. The Morgan fingerprint density at radius 2 is 2.19 bits per heavy atom. The van der Waals surface area contributed by atoms with Crippen molar-refractivity contribution >= 4 is 29.9 Å². The molecular formula is C10H20IN3O2. The fourth-order valence-electron chi connectivity index (χ4n) is 1.60. The molecule has 0 aromatic rings. The second-order valence-corrected chi connectivity index (χ2v) is 4.11. The Bertz CT molecular complexity index is 240. The van der Waals surface area contributed by atoms with Crippen molar-refractivity contribution in [3.63, 3.8) is 0 Å².